The number of guanidine groups is 1. The van der Waals surface area contributed by atoms with E-state index < -0.39 is 11.6 Å². The highest BCUT2D eigenvalue weighted by atomic mass is 35.5. The van der Waals surface area contributed by atoms with E-state index in [2.05, 4.69) is 10.3 Å². The van der Waals surface area contributed by atoms with Crippen LogP contribution in [0.2, 0.25) is 5.02 Å². The molecule has 25 heavy (non-hydrogen) atoms. The summed E-state index contributed by atoms with van der Waals surface area (Å²) in [4.78, 5) is 6.14. The normalized spacial score (nSPS) is 11.5. The minimum Gasteiger partial charge on any atom is -0.489 e. The van der Waals surface area contributed by atoms with Crippen LogP contribution in [0.3, 0.4) is 0 Å². The lowest BCUT2D eigenvalue weighted by Gasteiger charge is -2.22. The SMILES string of the molecule is CN=C(NCCOc1ccc(F)cc1F)N(C)Cc1cc(Cl)cn1C. The third-order valence-electron chi connectivity index (χ3n) is 3.58. The van der Waals surface area contributed by atoms with E-state index in [0.29, 0.717) is 24.1 Å². The summed E-state index contributed by atoms with van der Waals surface area (Å²) in [5.41, 5.74) is 1.04. The number of benzene rings is 1. The Balaban J connectivity index is 1.82. The van der Waals surface area contributed by atoms with Gasteiger partial charge in [0, 0.05) is 39.1 Å². The molecular weight excluding hydrogens is 350 g/mol. The van der Waals surface area contributed by atoms with E-state index in [1.165, 1.54) is 6.07 Å². The van der Waals surface area contributed by atoms with E-state index in [0.717, 1.165) is 17.8 Å². The van der Waals surface area contributed by atoms with Crippen molar-refractivity contribution in [2.45, 2.75) is 6.54 Å². The Labute approximate surface area is 150 Å². The van der Waals surface area contributed by atoms with E-state index in [1.807, 2.05) is 35.8 Å². The number of aliphatic imine (C=N–C) groups is 1. The maximum Gasteiger partial charge on any atom is 0.193 e. The van der Waals surface area contributed by atoms with Crippen molar-refractivity contribution in [3.05, 3.63) is 52.8 Å². The molecule has 136 valence electrons. The molecule has 0 saturated heterocycles. The van der Waals surface area contributed by atoms with Gasteiger partial charge in [0.1, 0.15) is 12.4 Å². The predicted octanol–water partition coefficient (Wildman–Crippen LogP) is 3.04. The predicted molar refractivity (Wildman–Crippen MR) is 95.1 cm³/mol. The smallest absolute Gasteiger partial charge is 0.193 e. The lowest BCUT2D eigenvalue weighted by molar-refractivity contribution is 0.302. The fourth-order valence-corrected chi connectivity index (χ4v) is 2.61. The molecule has 1 aromatic carbocycles. The highest BCUT2D eigenvalue weighted by Crippen LogP contribution is 2.17. The molecule has 1 aromatic heterocycles. The van der Waals surface area contributed by atoms with Crippen LogP contribution in [-0.4, -0.2) is 42.7 Å². The fourth-order valence-electron chi connectivity index (χ4n) is 2.34. The van der Waals surface area contributed by atoms with Crippen molar-refractivity contribution in [1.82, 2.24) is 14.8 Å². The summed E-state index contributed by atoms with van der Waals surface area (Å²) in [7, 11) is 5.50. The number of nitrogens with zero attached hydrogens (tertiary/aromatic N) is 3. The molecule has 2 rings (SSSR count). The number of rotatable bonds is 6. The van der Waals surface area contributed by atoms with Crippen LogP contribution in [0, 0.1) is 11.6 Å². The van der Waals surface area contributed by atoms with Crippen molar-refractivity contribution in [1.29, 1.82) is 0 Å². The van der Waals surface area contributed by atoms with Crippen molar-refractivity contribution in [3.63, 3.8) is 0 Å². The van der Waals surface area contributed by atoms with Gasteiger partial charge < -0.3 is 19.5 Å². The Morgan fingerprint density at radius 2 is 2.12 bits per heavy atom. The first-order valence-electron chi connectivity index (χ1n) is 7.71. The van der Waals surface area contributed by atoms with Gasteiger partial charge in [-0.05, 0) is 18.2 Å². The lowest BCUT2D eigenvalue weighted by atomic mass is 10.3. The zero-order valence-electron chi connectivity index (χ0n) is 14.4. The lowest BCUT2D eigenvalue weighted by Crippen LogP contribution is -2.40. The Kier molecular flexibility index (Phi) is 6.64. The van der Waals surface area contributed by atoms with Crippen molar-refractivity contribution in [3.8, 4) is 5.75 Å². The number of aromatic nitrogens is 1. The molecule has 0 bridgehead atoms. The molecule has 1 heterocycles. The standard InChI is InChI=1S/C17H21ClF2N4O/c1-21-17(24(3)11-14-8-12(18)10-23(14)2)22-6-7-25-16-5-4-13(19)9-15(16)20/h4-5,8-10H,6-7,11H2,1-3H3,(H,21,22). The summed E-state index contributed by atoms with van der Waals surface area (Å²) in [6, 6.07) is 5.11. The van der Waals surface area contributed by atoms with Crippen LogP contribution in [0.25, 0.3) is 0 Å². The molecule has 0 fully saturated rings. The van der Waals surface area contributed by atoms with Gasteiger partial charge in [-0.1, -0.05) is 11.6 Å². The van der Waals surface area contributed by atoms with Gasteiger partial charge >= 0.3 is 0 Å². The Bertz CT molecular complexity index is 748. The number of aryl methyl sites for hydroxylation is 1. The van der Waals surface area contributed by atoms with E-state index in [4.69, 9.17) is 16.3 Å². The highest BCUT2D eigenvalue weighted by molar-refractivity contribution is 6.30. The van der Waals surface area contributed by atoms with Gasteiger partial charge in [0.25, 0.3) is 0 Å². The number of hydrogen-bond acceptors (Lipinski definition) is 2. The molecule has 5 nitrogen and oxygen atoms in total. The van der Waals surface area contributed by atoms with Crippen molar-refractivity contribution < 1.29 is 13.5 Å². The van der Waals surface area contributed by atoms with Gasteiger partial charge in [0.05, 0.1) is 18.1 Å². The summed E-state index contributed by atoms with van der Waals surface area (Å²) in [5.74, 6) is -0.668. The summed E-state index contributed by atoms with van der Waals surface area (Å²) in [6.45, 7) is 1.25. The summed E-state index contributed by atoms with van der Waals surface area (Å²) in [5, 5.41) is 3.81. The molecule has 0 saturated carbocycles. The van der Waals surface area contributed by atoms with Crippen LogP contribution in [0.15, 0.2) is 35.5 Å². The average molecular weight is 371 g/mol. The van der Waals surface area contributed by atoms with Gasteiger partial charge in [-0.3, -0.25) is 4.99 Å². The summed E-state index contributed by atoms with van der Waals surface area (Å²) >= 11 is 5.99. The molecule has 0 aliphatic rings. The van der Waals surface area contributed by atoms with E-state index in [9.17, 15) is 8.78 Å². The van der Waals surface area contributed by atoms with Crippen LogP contribution < -0.4 is 10.1 Å². The Morgan fingerprint density at radius 3 is 2.72 bits per heavy atom. The van der Waals surface area contributed by atoms with E-state index >= 15 is 0 Å². The molecule has 0 aliphatic carbocycles. The van der Waals surface area contributed by atoms with Crippen LogP contribution in [0.4, 0.5) is 8.78 Å². The Hall–Kier alpha value is -2.28. The minimum absolute atomic E-state index is 0.0185. The molecule has 0 aliphatic heterocycles. The number of hydrogen-bond donors (Lipinski definition) is 1. The number of nitrogens with one attached hydrogen (secondary N) is 1. The number of ether oxygens (including phenoxy) is 1. The molecule has 0 amide bonds. The molecule has 0 unspecified atom stereocenters. The van der Waals surface area contributed by atoms with Crippen LogP contribution >= 0.6 is 11.6 Å². The fraction of sp³-hybridized carbons (Fsp3) is 0.353. The first kappa shape index (κ1) is 19.1. The summed E-state index contributed by atoms with van der Waals surface area (Å²) in [6.07, 6.45) is 1.84. The van der Waals surface area contributed by atoms with Crippen molar-refractivity contribution in [2.24, 2.45) is 12.0 Å². The average Bonchev–Trinajstić information content (AvgIpc) is 2.86. The Morgan fingerprint density at radius 1 is 1.36 bits per heavy atom. The monoisotopic (exact) mass is 370 g/mol. The van der Waals surface area contributed by atoms with Crippen LogP contribution in [0.1, 0.15) is 5.69 Å². The third-order valence-corrected chi connectivity index (χ3v) is 3.79. The molecular formula is C17H21ClF2N4O. The second kappa shape index (κ2) is 8.71. The first-order chi connectivity index (χ1) is 11.9. The molecule has 0 radical (unpaired) electrons. The molecule has 0 spiro atoms. The second-order valence-corrected chi connectivity index (χ2v) is 5.95. The van der Waals surface area contributed by atoms with Gasteiger partial charge in [0.2, 0.25) is 0 Å². The maximum atomic E-state index is 13.5. The topological polar surface area (TPSA) is 41.8 Å². The second-order valence-electron chi connectivity index (χ2n) is 5.51. The van der Waals surface area contributed by atoms with E-state index in [-0.39, 0.29) is 12.4 Å². The van der Waals surface area contributed by atoms with Crippen LogP contribution in [0.5, 0.6) is 5.75 Å². The highest BCUT2D eigenvalue weighted by Gasteiger charge is 2.10. The first-order valence-corrected chi connectivity index (χ1v) is 8.09. The quantitative estimate of drug-likeness (QED) is 0.483. The molecule has 8 heteroatoms. The van der Waals surface area contributed by atoms with Crippen molar-refractivity contribution >= 4 is 17.6 Å². The van der Waals surface area contributed by atoms with Gasteiger partial charge in [-0.25, -0.2) is 8.78 Å². The van der Waals surface area contributed by atoms with Gasteiger partial charge in [-0.2, -0.15) is 0 Å². The van der Waals surface area contributed by atoms with Gasteiger partial charge in [0.15, 0.2) is 17.5 Å². The number of halogens is 3. The molecule has 0 atom stereocenters. The maximum absolute atomic E-state index is 13.5. The third kappa shape index (κ3) is 5.35. The minimum atomic E-state index is -0.720. The molecule has 1 N–H and O–H groups in total. The summed E-state index contributed by atoms with van der Waals surface area (Å²) < 4.78 is 33.6. The van der Waals surface area contributed by atoms with Crippen molar-refractivity contribution in [2.75, 3.05) is 27.2 Å². The zero-order chi connectivity index (χ0) is 18.4. The zero-order valence-corrected chi connectivity index (χ0v) is 15.1. The van der Waals surface area contributed by atoms with Gasteiger partial charge in [-0.15, -0.1) is 0 Å². The van der Waals surface area contributed by atoms with Crippen LogP contribution in [-0.2, 0) is 13.6 Å². The molecule has 2 aromatic rings. The van der Waals surface area contributed by atoms with E-state index in [1.54, 1.807) is 7.05 Å². The largest absolute Gasteiger partial charge is 0.489 e.